The second kappa shape index (κ2) is 5.14. The minimum atomic E-state index is -1.03. The highest BCUT2D eigenvalue weighted by molar-refractivity contribution is 5.72. The monoisotopic (exact) mass is 211 g/mol. The van der Waals surface area contributed by atoms with Gasteiger partial charge in [-0.3, -0.25) is 9.59 Å². The molecule has 1 aromatic rings. The fraction of sp³-hybridized carbons (Fsp3) is 0.444. The van der Waals surface area contributed by atoms with E-state index in [1.807, 2.05) is 6.92 Å². The van der Waals surface area contributed by atoms with Gasteiger partial charge < -0.3 is 15.0 Å². The first-order valence-electron chi connectivity index (χ1n) is 4.66. The number of nitrogens with zero attached hydrogens (tertiary/aromatic N) is 2. The second-order valence-corrected chi connectivity index (χ2v) is 3.02. The number of nitrogens with one attached hydrogen (secondary N) is 1. The van der Waals surface area contributed by atoms with Gasteiger partial charge in [0.05, 0.1) is 0 Å². The Balaban J connectivity index is 2.84. The smallest absolute Gasteiger partial charge is 0.322 e. The van der Waals surface area contributed by atoms with Crippen LogP contribution in [0.2, 0.25) is 0 Å². The minimum Gasteiger partial charge on any atom is -0.480 e. The molecule has 0 atom stereocenters. The molecule has 2 N–H and O–H groups in total. The fourth-order valence-electron chi connectivity index (χ4n) is 1.14. The van der Waals surface area contributed by atoms with Crippen molar-refractivity contribution in [3.05, 3.63) is 22.7 Å². The van der Waals surface area contributed by atoms with Crippen LogP contribution < -0.4 is 10.9 Å². The lowest BCUT2D eigenvalue weighted by molar-refractivity contribution is -0.134. The van der Waals surface area contributed by atoms with Crippen LogP contribution in [0.15, 0.2) is 17.2 Å². The highest BCUT2D eigenvalue weighted by Crippen LogP contribution is 1.93. The van der Waals surface area contributed by atoms with Crippen molar-refractivity contribution < 1.29 is 9.90 Å². The normalized spacial score (nSPS) is 9.93. The van der Waals surface area contributed by atoms with E-state index in [0.717, 1.165) is 6.42 Å². The number of aromatic nitrogens is 2. The number of hydrogen-bond donors (Lipinski definition) is 2. The van der Waals surface area contributed by atoms with Crippen molar-refractivity contribution in [1.29, 1.82) is 0 Å². The van der Waals surface area contributed by atoms with Crippen LogP contribution in [0.5, 0.6) is 0 Å². The molecule has 1 rings (SSSR count). The zero-order chi connectivity index (χ0) is 11.3. The van der Waals surface area contributed by atoms with Crippen LogP contribution in [0.3, 0.4) is 0 Å². The maximum Gasteiger partial charge on any atom is 0.322 e. The molecule has 82 valence electrons. The molecule has 0 radical (unpaired) electrons. The van der Waals surface area contributed by atoms with Crippen molar-refractivity contribution in [2.45, 2.75) is 19.9 Å². The number of anilines is 1. The van der Waals surface area contributed by atoms with E-state index in [9.17, 15) is 9.59 Å². The van der Waals surface area contributed by atoms with Crippen molar-refractivity contribution in [2.24, 2.45) is 0 Å². The van der Waals surface area contributed by atoms with Gasteiger partial charge in [-0.1, -0.05) is 6.92 Å². The number of carboxylic acids is 1. The topological polar surface area (TPSA) is 84.2 Å². The van der Waals surface area contributed by atoms with Crippen LogP contribution in [0.25, 0.3) is 0 Å². The SMILES string of the molecule is CCCn1ccnc(NCC(=O)O)c1=O. The van der Waals surface area contributed by atoms with Gasteiger partial charge in [-0.15, -0.1) is 0 Å². The van der Waals surface area contributed by atoms with Crippen molar-refractivity contribution in [2.75, 3.05) is 11.9 Å². The predicted octanol–water partition coefficient (Wildman–Crippen LogP) is 0.150. The Morgan fingerprint density at radius 1 is 1.67 bits per heavy atom. The van der Waals surface area contributed by atoms with Crippen LogP contribution in [0.1, 0.15) is 13.3 Å². The molecule has 6 heteroatoms. The van der Waals surface area contributed by atoms with Crippen molar-refractivity contribution in [3.63, 3.8) is 0 Å². The van der Waals surface area contributed by atoms with Crippen LogP contribution >= 0.6 is 0 Å². The van der Waals surface area contributed by atoms with Gasteiger partial charge in [-0.05, 0) is 6.42 Å². The molecule has 1 heterocycles. The average molecular weight is 211 g/mol. The molecule has 6 nitrogen and oxygen atoms in total. The number of aryl methyl sites for hydroxylation is 1. The lowest BCUT2D eigenvalue weighted by atomic mass is 10.4. The Kier molecular flexibility index (Phi) is 3.84. The highest BCUT2D eigenvalue weighted by Gasteiger charge is 2.04. The van der Waals surface area contributed by atoms with Crippen molar-refractivity contribution >= 4 is 11.8 Å². The van der Waals surface area contributed by atoms with E-state index in [4.69, 9.17) is 5.11 Å². The van der Waals surface area contributed by atoms with Gasteiger partial charge in [-0.2, -0.15) is 0 Å². The van der Waals surface area contributed by atoms with E-state index in [2.05, 4.69) is 10.3 Å². The first-order valence-corrected chi connectivity index (χ1v) is 4.66. The maximum atomic E-state index is 11.6. The van der Waals surface area contributed by atoms with E-state index in [-0.39, 0.29) is 17.9 Å². The van der Waals surface area contributed by atoms with Gasteiger partial charge >= 0.3 is 5.97 Å². The van der Waals surface area contributed by atoms with E-state index < -0.39 is 5.97 Å². The Bertz CT molecular complexity index is 400. The third kappa shape index (κ3) is 3.08. The van der Waals surface area contributed by atoms with Gasteiger partial charge in [-0.25, -0.2) is 4.98 Å². The molecule has 0 spiro atoms. The fourth-order valence-corrected chi connectivity index (χ4v) is 1.14. The molecule has 0 bridgehead atoms. The molecule has 0 saturated carbocycles. The Hall–Kier alpha value is -1.85. The summed E-state index contributed by atoms with van der Waals surface area (Å²) in [4.78, 5) is 25.7. The number of carboxylic acid groups (broad SMARTS) is 1. The van der Waals surface area contributed by atoms with Crippen LogP contribution in [-0.2, 0) is 11.3 Å². The van der Waals surface area contributed by atoms with E-state index in [0.29, 0.717) is 6.54 Å². The molecule has 0 amide bonds. The summed E-state index contributed by atoms with van der Waals surface area (Å²) in [6.07, 6.45) is 3.89. The third-order valence-electron chi connectivity index (χ3n) is 1.79. The van der Waals surface area contributed by atoms with Crippen LogP contribution in [0.4, 0.5) is 5.82 Å². The summed E-state index contributed by atoms with van der Waals surface area (Å²) in [5.41, 5.74) is -0.291. The summed E-state index contributed by atoms with van der Waals surface area (Å²) in [5, 5.41) is 10.9. The molecule has 0 fully saturated rings. The van der Waals surface area contributed by atoms with Gasteiger partial charge in [0.2, 0.25) is 0 Å². The molecule has 1 aromatic heterocycles. The zero-order valence-corrected chi connectivity index (χ0v) is 8.43. The molecule has 0 aliphatic carbocycles. The van der Waals surface area contributed by atoms with Gasteiger partial charge in [0.1, 0.15) is 6.54 Å². The predicted molar refractivity (Wildman–Crippen MR) is 54.9 cm³/mol. The summed E-state index contributed by atoms with van der Waals surface area (Å²) < 4.78 is 1.50. The van der Waals surface area contributed by atoms with E-state index in [1.54, 1.807) is 6.20 Å². The highest BCUT2D eigenvalue weighted by atomic mass is 16.4. The molecular formula is C9H13N3O3. The standard InChI is InChI=1S/C9H13N3O3/c1-2-4-12-5-3-10-8(9(12)15)11-6-7(13)14/h3,5H,2,4,6H2,1H3,(H,10,11)(H,13,14). The first kappa shape index (κ1) is 11.2. The summed E-state index contributed by atoms with van der Waals surface area (Å²) in [6, 6.07) is 0. The molecule has 15 heavy (non-hydrogen) atoms. The Labute approximate surface area is 86.6 Å². The van der Waals surface area contributed by atoms with Crippen molar-refractivity contribution in [1.82, 2.24) is 9.55 Å². The maximum absolute atomic E-state index is 11.6. The average Bonchev–Trinajstić information content (AvgIpc) is 2.19. The van der Waals surface area contributed by atoms with Gasteiger partial charge in [0, 0.05) is 18.9 Å². The molecule has 0 aliphatic rings. The molecule has 0 aromatic carbocycles. The van der Waals surface area contributed by atoms with Crippen LogP contribution in [0, 0.1) is 0 Å². The minimum absolute atomic E-state index is 0.0772. The lowest BCUT2D eigenvalue weighted by Gasteiger charge is -2.06. The summed E-state index contributed by atoms with van der Waals surface area (Å²) in [7, 11) is 0. The molecule has 0 aliphatic heterocycles. The van der Waals surface area contributed by atoms with E-state index in [1.165, 1.54) is 10.8 Å². The first-order chi connectivity index (χ1) is 7.15. The van der Waals surface area contributed by atoms with Crippen LogP contribution in [-0.4, -0.2) is 27.2 Å². The number of carbonyl (C=O) groups is 1. The van der Waals surface area contributed by atoms with Crippen molar-refractivity contribution in [3.8, 4) is 0 Å². The quantitative estimate of drug-likeness (QED) is 0.724. The summed E-state index contributed by atoms with van der Waals surface area (Å²) in [5.74, 6) is -0.949. The zero-order valence-electron chi connectivity index (χ0n) is 8.43. The lowest BCUT2D eigenvalue weighted by Crippen LogP contribution is -2.26. The number of aliphatic carboxylic acids is 1. The number of hydrogen-bond acceptors (Lipinski definition) is 4. The largest absolute Gasteiger partial charge is 0.480 e. The molecule has 0 saturated heterocycles. The molecular weight excluding hydrogens is 198 g/mol. The summed E-state index contributed by atoms with van der Waals surface area (Å²) >= 11 is 0. The Morgan fingerprint density at radius 3 is 3.00 bits per heavy atom. The third-order valence-corrected chi connectivity index (χ3v) is 1.79. The van der Waals surface area contributed by atoms with Gasteiger partial charge in [0.15, 0.2) is 5.82 Å². The molecule has 0 unspecified atom stereocenters. The summed E-state index contributed by atoms with van der Waals surface area (Å²) in [6.45, 7) is 2.25. The van der Waals surface area contributed by atoms with Gasteiger partial charge in [0.25, 0.3) is 5.56 Å². The number of rotatable bonds is 5. The second-order valence-electron chi connectivity index (χ2n) is 3.02. The Morgan fingerprint density at radius 2 is 2.40 bits per heavy atom. The van der Waals surface area contributed by atoms with E-state index >= 15 is 0 Å².